The molecule has 0 saturated heterocycles. The van der Waals surface area contributed by atoms with E-state index in [9.17, 15) is 4.79 Å². The zero-order valence-electron chi connectivity index (χ0n) is 10.9. The molecule has 0 aliphatic heterocycles. The van der Waals surface area contributed by atoms with Crippen LogP contribution in [-0.4, -0.2) is 38.9 Å². The molecule has 0 aromatic carbocycles. The minimum Gasteiger partial charge on any atom is -0.468 e. The third-order valence-electron chi connectivity index (χ3n) is 2.13. The Morgan fingerprint density at radius 3 is 2.56 bits per heavy atom. The van der Waals surface area contributed by atoms with Crippen LogP contribution in [0, 0.1) is 5.92 Å². The van der Waals surface area contributed by atoms with Crippen molar-refractivity contribution < 1.29 is 14.3 Å². The van der Waals surface area contributed by atoms with Crippen molar-refractivity contribution in [3.8, 4) is 0 Å². The quantitative estimate of drug-likeness (QED) is 0.483. The van der Waals surface area contributed by atoms with Crippen molar-refractivity contribution in [1.29, 1.82) is 0 Å². The Labute approximate surface area is 98.7 Å². The van der Waals surface area contributed by atoms with Crippen molar-refractivity contribution in [3.63, 3.8) is 0 Å². The van der Waals surface area contributed by atoms with E-state index in [0.29, 0.717) is 18.9 Å². The van der Waals surface area contributed by atoms with Crippen LogP contribution in [0.25, 0.3) is 0 Å². The molecule has 0 bridgehead atoms. The van der Waals surface area contributed by atoms with Gasteiger partial charge in [-0.3, -0.25) is 4.79 Å². The highest BCUT2D eigenvalue weighted by molar-refractivity contribution is 5.75. The fraction of sp³-hybridized carbons (Fsp3) is 0.917. The topological polar surface area (TPSA) is 47.6 Å². The lowest BCUT2D eigenvalue weighted by atomic mass is 10.2. The summed E-state index contributed by atoms with van der Waals surface area (Å²) >= 11 is 0. The summed E-state index contributed by atoms with van der Waals surface area (Å²) < 4.78 is 10.2. The van der Waals surface area contributed by atoms with Gasteiger partial charge >= 0.3 is 5.97 Å². The second kappa shape index (κ2) is 9.60. The van der Waals surface area contributed by atoms with E-state index in [2.05, 4.69) is 26.1 Å². The predicted molar refractivity (Wildman–Crippen MR) is 64.4 cm³/mol. The van der Waals surface area contributed by atoms with Gasteiger partial charge in [0.25, 0.3) is 0 Å². The monoisotopic (exact) mass is 231 g/mol. The fourth-order valence-electron chi connectivity index (χ4n) is 1.28. The summed E-state index contributed by atoms with van der Waals surface area (Å²) in [6.07, 6.45) is 1.67. The number of carbonyl (C=O) groups excluding carboxylic acids is 1. The van der Waals surface area contributed by atoms with Gasteiger partial charge < -0.3 is 14.8 Å². The summed E-state index contributed by atoms with van der Waals surface area (Å²) in [5, 5.41) is 3.15. The first kappa shape index (κ1) is 15.4. The second-order valence-electron chi connectivity index (χ2n) is 4.29. The summed E-state index contributed by atoms with van der Waals surface area (Å²) in [5.74, 6) is 0.321. The fourth-order valence-corrected chi connectivity index (χ4v) is 1.28. The first-order valence-electron chi connectivity index (χ1n) is 6.00. The zero-order chi connectivity index (χ0) is 12.4. The molecule has 0 aromatic rings. The van der Waals surface area contributed by atoms with Crippen LogP contribution >= 0.6 is 0 Å². The van der Waals surface area contributed by atoms with Crippen LogP contribution in [0.5, 0.6) is 0 Å². The van der Waals surface area contributed by atoms with Crippen LogP contribution in [0.2, 0.25) is 0 Å². The molecule has 0 heterocycles. The van der Waals surface area contributed by atoms with E-state index in [4.69, 9.17) is 9.47 Å². The number of hydrogen-bond donors (Lipinski definition) is 1. The standard InChI is InChI=1S/C12H25NO3/c1-5-7-13-11(12(14)15-4)6-8-16-9-10(2)3/h10-11,13H,5-9H2,1-4H3. The van der Waals surface area contributed by atoms with Crippen LogP contribution in [0.3, 0.4) is 0 Å². The number of nitrogens with one attached hydrogen (secondary N) is 1. The summed E-state index contributed by atoms with van der Waals surface area (Å²) in [4.78, 5) is 11.4. The molecule has 1 atom stereocenters. The lowest BCUT2D eigenvalue weighted by Crippen LogP contribution is -2.39. The van der Waals surface area contributed by atoms with E-state index in [0.717, 1.165) is 19.6 Å². The van der Waals surface area contributed by atoms with Crippen LogP contribution in [0.15, 0.2) is 0 Å². The van der Waals surface area contributed by atoms with Crippen molar-refractivity contribution in [3.05, 3.63) is 0 Å². The number of esters is 1. The Bertz CT molecular complexity index is 183. The molecule has 0 amide bonds. The first-order chi connectivity index (χ1) is 7.61. The van der Waals surface area contributed by atoms with E-state index >= 15 is 0 Å². The van der Waals surface area contributed by atoms with E-state index in [-0.39, 0.29) is 12.0 Å². The molecule has 0 aliphatic carbocycles. The molecule has 0 fully saturated rings. The number of ether oxygens (including phenoxy) is 2. The second-order valence-corrected chi connectivity index (χ2v) is 4.29. The van der Waals surface area contributed by atoms with Gasteiger partial charge in [0.05, 0.1) is 7.11 Å². The van der Waals surface area contributed by atoms with Gasteiger partial charge in [-0.2, -0.15) is 0 Å². The lowest BCUT2D eigenvalue weighted by Gasteiger charge is -2.16. The van der Waals surface area contributed by atoms with Gasteiger partial charge in [-0.1, -0.05) is 20.8 Å². The van der Waals surface area contributed by atoms with Gasteiger partial charge in [-0.15, -0.1) is 0 Å². The molecule has 4 nitrogen and oxygen atoms in total. The lowest BCUT2D eigenvalue weighted by molar-refractivity contribution is -0.143. The molecular weight excluding hydrogens is 206 g/mol. The molecule has 16 heavy (non-hydrogen) atoms. The summed E-state index contributed by atoms with van der Waals surface area (Å²) in [6, 6.07) is -0.239. The molecule has 0 aliphatic rings. The summed E-state index contributed by atoms with van der Waals surface area (Å²) in [7, 11) is 1.41. The van der Waals surface area contributed by atoms with Gasteiger partial charge in [-0.25, -0.2) is 0 Å². The Morgan fingerprint density at radius 1 is 1.38 bits per heavy atom. The Hall–Kier alpha value is -0.610. The molecule has 96 valence electrons. The molecule has 0 rings (SSSR count). The summed E-state index contributed by atoms with van der Waals surface area (Å²) in [6.45, 7) is 8.43. The average Bonchev–Trinajstić information content (AvgIpc) is 2.26. The van der Waals surface area contributed by atoms with E-state index in [1.807, 2.05) is 0 Å². The minimum atomic E-state index is -0.239. The number of carbonyl (C=O) groups is 1. The number of rotatable bonds is 9. The highest BCUT2D eigenvalue weighted by atomic mass is 16.5. The van der Waals surface area contributed by atoms with Crippen molar-refractivity contribution in [1.82, 2.24) is 5.32 Å². The predicted octanol–water partition coefficient (Wildman–Crippen LogP) is 1.59. The van der Waals surface area contributed by atoms with E-state index < -0.39 is 0 Å². The average molecular weight is 231 g/mol. The Balaban J connectivity index is 3.78. The maximum Gasteiger partial charge on any atom is 0.322 e. The minimum absolute atomic E-state index is 0.207. The number of hydrogen-bond acceptors (Lipinski definition) is 4. The van der Waals surface area contributed by atoms with Gasteiger partial charge in [0.15, 0.2) is 0 Å². The SMILES string of the molecule is CCCNC(CCOCC(C)C)C(=O)OC. The maximum atomic E-state index is 11.4. The highest BCUT2D eigenvalue weighted by Crippen LogP contribution is 1.99. The zero-order valence-corrected chi connectivity index (χ0v) is 10.9. The van der Waals surface area contributed by atoms with Gasteiger partial charge in [-0.05, 0) is 25.3 Å². The van der Waals surface area contributed by atoms with Crippen LogP contribution in [0.1, 0.15) is 33.6 Å². The molecular formula is C12H25NO3. The Kier molecular flexibility index (Phi) is 9.24. The highest BCUT2D eigenvalue weighted by Gasteiger charge is 2.17. The first-order valence-corrected chi connectivity index (χ1v) is 6.00. The number of methoxy groups -OCH3 is 1. The smallest absolute Gasteiger partial charge is 0.322 e. The molecule has 0 radical (unpaired) electrons. The Morgan fingerprint density at radius 2 is 2.06 bits per heavy atom. The molecule has 1 unspecified atom stereocenters. The van der Waals surface area contributed by atoms with Crippen LogP contribution in [0.4, 0.5) is 0 Å². The van der Waals surface area contributed by atoms with Crippen LogP contribution < -0.4 is 5.32 Å². The summed E-state index contributed by atoms with van der Waals surface area (Å²) in [5.41, 5.74) is 0. The van der Waals surface area contributed by atoms with Gasteiger partial charge in [0.1, 0.15) is 6.04 Å². The van der Waals surface area contributed by atoms with Crippen molar-refractivity contribution in [2.75, 3.05) is 26.9 Å². The van der Waals surface area contributed by atoms with Gasteiger partial charge in [0.2, 0.25) is 0 Å². The molecule has 0 spiro atoms. The maximum absolute atomic E-state index is 11.4. The molecule has 0 saturated carbocycles. The molecule has 1 N–H and O–H groups in total. The third kappa shape index (κ3) is 7.65. The van der Waals surface area contributed by atoms with E-state index in [1.54, 1.807) is 0 Å². The van der Waals surface area contributed by atoms with Crippen LogP contribution in [-0.2, 0) is 14.3 Å². The molecule has 4 heteroatoms. The third-order valence-corrected chi connectivity index (χ3v) is 2.13. The van der Waals surface area contributed by atoms with Gasteiger partial charge in [0, 0.05) is 13.2 Å². The normalized spacial score (nSPS) is 12.8. The van der Waals surface area contributed by atoms with E-state index in [1.165, 1.54) is 7.11 Å². The van der Waals surface area contributed by atoms with Crippen molar-refractivity contribution in [2.24, 2.45) is 5.92 Å². The van der Waals surface area contributed by atoms with Crippen molar-refractivity contribution >= 4 is 5.97 Å². The largest absolute Gasteiger partial charge is 0.468 e. The van der Waals surface area contributed by atoms with Crippen molar-refractivity contribution in [2.45, 2.75) is 39.7 Å². The molecule has 0 aromatic heterocycles.